The Hall–Kier alpha value is -2.34. The third-order valence-corrected chi connectivity index (χ3v) is 2.98. The van der Waals surface area contributed by atoms with E-state index in [2.05, 4.69) is 23.7 Å². The van der Waals surface area contributed by atoms with Crippen LogP contribution in [0.5, 0.6) is 0 Å². The molecule has 1 rings (SSSR count). The number of carbonyl (C=O) groups excluding carboxylic acids is 1. The average molecular weight is 344 g/mol. The molecule has 0 bridgehead atoms. The molecule has 0 spiro atoms. The fourth-order valence-corrected chi connectivity index (χ4v) is 1.67. The van der Waals surface area contributed by atoms with Gasteiger partial charge in [0.25, 0.3) is 12.8 Å². The molecule has 0 saturated heterocycles. The van der Waals surface area contributed by atoms with E-state index in [9.17, 15) is 15.0 Å². The topological polar surface area (TPSA) is 69.8 Å². The molecule has 1 aliphatic heterocycles. The Morgan fingerprint density at radius 2 is 2.08 bits per heavy atom. The Kier molecular flexibility index (Phi) is 10.0. The summed E-state index contributed by atoms with van der Waals surface area (Å²) in [5.41, 5.74) is 0. The molecule has 0 aromatic rings. The van der Waals surface area contributed by atoms with Crippen molar-refractivity contribution in [1.29, 1.82) is 0 Å². The van der Waals surface area contributed by atoms with Crippen molar-refractivity contribution >= 4 is 12.2 Å². The molecule has 0 amide bonds. The van der Waals surface area contributed by atoms with E-state index in [0.29, 0.717) is 31.7 Å². The maximum absolute atomic E-state index is 11.3. The van der Waals surface area contributed by atoms with Crippen molar-refractivity contribution in [1.82, 2.24) is 0 Å². The summed E-state index contributed by atoms with van der Waals surface area (Å²) in [6.45, 7) is 4.69. The van der Waals surface area contributed by atoms with Gasteiger partial charge in [-0.2, -0.15) is 4.84 Å². The molecule has 0 aromatic carbocycles. The van der Waals surface area contributed by atoms with E-state index in [4.69, 9.17) is 4.84 Å². The number of aliphatic hydroxyl groups excluding tert-OH is 2. The van der Waals surface area contributed by atoms with Gasteiger partial charge in [-0.25, -0.2) is 4.79 Å². The third kappa shape index (κ3) is 12.7. The molecule has 25 heavy (non-hydrogen) atoms. The molecule has 2 N–H and O–H groups in total. The zero-order valence-corrected chi connectivity index (χ0v) is 14.8. The van der Waals surface area contributed by atoms with Gasteiger partial charge in [-0.05, 0) is 23.7 Å². The molecule has 134 valence electrons. The van der Waals surface area contributed by atoms with Crippen LogP contribution in [0.25, 0.3) is 0 Å². The Morgan fingerprint density at radius 1 is 1.32 bits per heavy atom. The highest BCUT2D eigenvalue weighted by Crippen LogP contribution is 2.03. The molecule has 0 aromatic heterocycles. The van der Waals surface area contributed by atoms with E-state index in [1.807, 2.05) is 13.8 Å². The van der Waals surface area contributed by atoms with Crippen molar-refractivity contribution in [3.8, 4) is 23.7 Å². The van der Waals surface area contributed by atoms with Crippen molar-refractivity contribution in [3.05, 3.63) is 24.3 Å². The molecular weight excluding hydrogens is 318 g/mol. The van der Waals surface area contributed by atoms with Gasteiger partial charge in [-0.15, -0.1) is 5.92 Å². The lowest BCUT2D eigenvalue weighted by atomic mass is 10.1. The molecule has 5 heteroatoms. The highest BCUT2D eigenvalue weighted by atomic mass is 16.7. The predicted molar refractivity (Wildman–Crippen MR) is 96.4 cm³/mol. The average Bonchev–Trinajstić information content (AvgIpc) is 3.34. The van der Waals surface area contributed by atoms with Crippen LogP contribution in [0.3, 0.4) is 0 Å². The number of carbonyl (C=O) groups is 1. The fraction of sp³-hybridized carbons (Fsp3) is 0.500. The number of allylic oxidation sites excluding steroid dienone is 3. The summed E-state index contributed by atoms with van der Waals surface area (Å²) in [5.74, 6) is 11.3. The zero-order valence-electron chi connectivity index (χ0n) is 14.8. The van der Waals surface area contributed by atoms with E-state index in [1.165, 1.54) is 4.74 Å². The van der Waals surface area contributed by atoms with Gasteiger partial charge in [-0.3, -0.25) is 0 Å². The number of rotatable bonds is 8. The highest BCUT2D eigenvalue weighted by Gasteiger charge is 2.23. The van der Waals surface area contributed by atoms with Gasteiger partial charge in [0.1, 0.15) is 6.10 Å². The van der Waals surface area contributed by atoms with Crippen LogP contribution < -0.4 is 0 Å². The maximum Gasteiger partial charge on any atom is 0.379 e. The van der Waals surface area contributed by atoms with Gasteiger partial charge in [0.2, 0.25) is 0 Å². The van der Waals surface area contributed by atoms with Gasteiger partial charge in [0.15, 0.2) is 0 Å². The Morgan fingerprint density at radius 3 is 2.76 bits per heavy atom. The summed E-state index contributed by atoms with van der Waals surface area (Å²) in [6.07, 6.45) is 8.63. The van der Waals surface area contributed by atoms with E-state index in [0.717, 1.165) is 0 Å². The molecular formula is C20H26NO4+. The van der Waals surface area contributed by atoms with Crippen molar-refractivity contribution in [3.63, 3.8) is 0 Å². The number of aliphatic hydroxyl groups is 2. The summed E-state index contributed by atoms with van der Waals surface area (Å²) >= 11 is 0. The number of hydroxylamine groups is 1. The Labute approximate surface area is 149 Å². The second-order valence-corrected chi connectivity index (χ2v) is 5.93. The van der Waals surface area contributed by atoms with Gasteiger partial charge >= 0.3 is 5.97 Å². The smallest absolute Gasteiger partial charge is 0.379 e. The van der Waals surface area contributed by atoms with Crippen molar-refractivity contribution in [2.45, 2.75) is 51.7 Å². The van der Waals surface area contributed by atoms with Gasteiger partial charge in [-0.1, -0.05) is 49.8 Å². The lowest BCUT2D eigenvalue weighted by molar-refractivity contribution is -0.699. The lowest BCUT2D eigenvalue weighted by Crippen LogP contribution is -2.09. The molecule has 2 atom stereocenters. The summed E-state index contributed by atoms with van der Waals surface area (Å²) in [6, 6.07) is 0. The maximum atomic E-state index is 11.3. The molecule has 1 aliphatic rings. The molecule has 1 heterocycles. The molecule has 0 fully saturated rings. The Bertz CT molecular complexity index is 638. The zero-order chi connectivity index (χ0) is 18.5. The summed E-state index contributed by atoms with van der Waals surface area (Å²) in [5, 5.41) is 19.4. The summed E-state index contributed by atoms with van der Waals surface area (Å²) in [7, 11) is 0. The van der Waals surface area contributed by atoms with Crippen LogP contribution in [0, 0.1) is 29.6 Å². The van der Waals surface area contributed by atoms with Crippen LogP contribution in [0.1, 0.15) is 39.5 Å². The molecule has 0 saturated carbocycles. The van der Waals surface area contributed by atoms with Crippen molar-refractivity contribution in [2.24, 2.45) is 5.92 Å². The fourth-order valence-electron chi connectivity index (χ4n) is 1.67. The molecule has 0 radical (unpaired) electrons. The standard InChI is InChI=1S/C20H26NO4/c1-17(2)9-7-12-18(22)10-5-3-4-6-11-19(23)13-8-14-20(24)25-21-15-16-21/h3-5,10,15,17-19,22-23H,8,12-14,16H2,1-2H3/q+1. The first kappa shape index (κ1) is 20.7. The van der Waals surface area contributed by atoms with Gasteiger partial charge < -0.3 is 10.2 Å². The second-order valence-electron chi connectivity index (χ2n) is 5.93. The second kappa shape index (κ2) is 12.1. The SMILES string of the molecule is CC(C)C#CCC(O)C=CC=CC#CC(O)CCCC(=O)O[N+]1=CC1. The summed E-state index contributed by atoms with van der Waals surface area (Å²) < 4.78 is 1.46. The van der Waals surface area contributed by atoms with Crippen LogP contribution in [-0.2, 0) is 9.63 Å². The van der Waals surface area contributed by atoms with E-state index in [-0.39, 0.29) is 12.4 Å². The van der Waals surface area contributed by atoms with E-state index in [1.54, 1.807) is 30.5 Å². The summed E-state index contributed by atoms with van der Waals surface area (Å²) in [4.78, 5) is 16.2. The van der Waals surface area contributed by atoms with Crippen molar-refractivity contribution < 1.29 is 24.6 Å². The van der Waals surface area contributed by atoms with Crippen LogP contribution in [0.2, 0.25) is 0 Å². The van der Waals surface area contributed by atoms with E-state index >= 15 is 0 Å². The third-order valence-electron chi connectivity index (χ3n) is 2.98. The largest absolute Gasteiger partial charge is 0.388 e. The van der Waals surface area contributed by atoms with Crippen LogP contribution in [0.15, 0.2) is 24.3 Å². The first-order valence-electron chi connectivity index (χ1n) is 8.47. The quantitative estimate of drug-likeness (QED) is 0.304. The minimum absolute atomic E-state index is 0.263. The first-order valence-corrected chi connectivity index (χ1v) is 8.47. The number of nitrogens with zero attached hydrogens (tertiary/aromatic N) is 1. The normalized spacial score (nSPS) is 15.2. The number of hydrogen-bond donors (Lipinski definition) is 2. The minimum atomic E-state index is -0.772. The van der Waals surface area contributed by atoms with Crippen LogP contribution >= 0.6 is 0 Å². The molecule has 0 aliphatic carbocycles. The van der Waals surface area contributed by atoms with Crippen LogP contribution in [-0.4, -0.2) is 45.9 Å². The van der Waals surface area contributed by atoms with Crippen molar-refractivity contribution in [2.75, 3.05) is 6.54 Å². The van der Waals surface area contributed by atoms with Gasteiger partial charge in [0.05, 0.1) is 12.5 Å². The Balaban J connectivity index is 2.15. The van der Waals surface area contributed by atoms with E-state index < -0.39 is 12.2 Å². The molecule has 5 nitrogen and oxygen atoms in total. The van der Waals surface area contributed by atoms with Gasteiger partial charge in [0, 0.05) is 12.3 Å². The number of hydrogen-bond acceptors (Lipinski definition) is 4. The first-order chi connectivity index (χ1) is 12.0. The predicted octanol–water partition coefficient (Wildman–Crippen LogP) is 1.60. The minimum Gasteiger partial charge on any atom is -0.388 e. The molecule has 2 unspecified atom stereocenters. The monoisotopic (exact) mass is 344 g/mol. The highest BCUT2D eigenvalue weighted by molar-refractivity contribution is 5.70. The lowest BCUT2D eigenvalue weighted by Gasteiger charge is -2.00. The van der Waals surface area contributed by atoms with Crippen LogP contribution in [0.4, 0.5) is 0 Å².